The van der Waals surface area contributed by atoms with E-state index in [0.29, 0.717) is 18.7 Å². The molecule has 0 atom stereocenters. The number of anilines is 1. The molecule has 2 aromatic carbocycles. The third-order valence-corrected chi connectivity index (χ3v) is 4.20. The number of hydrogen-bond donors (Lipinski definition) is 0. The van der Waals surface area contributed by atoms with Gasteiger partial charge in [-0.15, -0.1) is 0 Å². The van der Waals surface area contributed by atoms with Crippen molar-refractivity contribution in [3.8, 4) is 11.8 Å². The Bertz CT molecular complexity index is 708. The molecule has 0 heterocycles. The van der Waals surface area contributed by atoms with Gasteiger partial charge in [-0.2, -0.15) is 5.26 Å². The fourth-order valence-corrected chi connectivity index (χ4v) is 2.80. The zero-order valence-electron chi connectivity index (χ0n) is 12.8. The van der Waals surface area contributed by atoms with Gasteiger partial charge in [0.25, 0.3) is 5.91 Å². The Hall–Kier alpha value is -2.07. The molecule has 0 radical (unpaired) electrons. The summed E-state index contributed by atoms with van der Waals surface area (Å²) in [6.45, 7) is 2.88. The lowest BCUT2D eigenvalue weighted by Gasteiger charge is -2.22. The van der Waals surface area contributed by atoms with Gasteiger partial charge in [0.15, 0.2) is 0 Å². The molecule has 0 aromatic heterocycles. The Morgan fingerprint density at radius 1 is 1.22 bits per heavy atom. The molecule has 0 spiro atoms. The van der Waals surface area contributed by atoms with Crippen LogP contribution in [0.4, 0.5) is 5.69 Å². The van der Waals surface area contributed by atoms with Crippen LogP contribution in [0.2, 0.25) is 0 Å². The Morgan fingerprint density at radius 2 is 1.91 bits per heavy atom. The molecule has 0 bridgehead atoms. The second kappa shape index (κ2) is 8.53. The van der Waals surface area contributed by atoms with E-state index in [-0.39, 0.29) is 12.3 Å². The summed E-state index contributed by atoms with van der Waals surface area (Å²) in [6.07, 6.45) is 0.280. The maximum absolute atomic E-state index is 12.9. The zero-order valence-corrected chi connectivity index (χ0v) is 15.0. The van der Waals surface area contributed by atoms with Gasteiger partial charge in [-0.25, -0.2) is 0 Å². The maximum Gasteiger partial charge on any atom is 0.259 e. The number of rotatable bonds is 6. The highest BCUT2D eigenvalue weighted by Crippen LogP contribution is 2.23. The molecule has 1 amide bonds. The lowest BCUT2D eigenvalue weighted by molar-refractivity contribution is 0.0986. The fraction of sp³-hybridized carbons (Fsp3) is 0.222. The minimum atomic E-state index is -0.102. The number of carbonyl (C=O) groups excluding carboxylic acids is 1. The van der Waals surface area contributed by atoms with E-state index in [1.165, 1.54) is 0 Å². The van der Waals surface area contributed by atoms with Crippen LogP contribution >= 0.6 is 22.6 Å². The van der Waals surface area contributed by atoms with Gasteiger partial charge in [0, 0.05) is 15.8 Å². The van der Waals surface area contributed by atoms with Crippen LogP contribution in [0, 0.1) is 14.9 Å². The molecule has 0 aliphatic rings. The largest absolute Gasteiger partial charge is 0.494 e. The summed E-state index contributed by atoms with van der Waals surface area (Å²) in [6, 6.07) is 16.9. The lowest BCUT2D eigenvalue weighted by Crippen LogP contribution is -2.32. The second-order valence-electron chi connectivity index (χ2n) is 4.77. The third-order valence-electron chi connectivity index (χ3n) is 3.26. The average molecular weight is 420 g/mol. The van der Waals surface area contributed by atoms with E-state index in [2.05, 4.69) is 28.7 Å². The van der Waals surface area contributed by atoms with Crippen LogP contribution in [0.25, 0.3) is 0 Å². The highest BCUT2D eigenvalue weighted by Gasteiger charge is 2.19. The van der Waals surface area contributed by atoms with Crippen LogP contribution in [-0.2, 0) is 0 Å². The first-order valence-electron chi connectivity index (χ1n) is 7.33. The van der Waals surface area contributed by atoms with Gasteiger partial charge in [0.2, 0.25) is 0 Å². The number of hydrogen-bond acceptors (Lipinski definition) is 3. The SMILES string of the molecule is CCOc1ccc(N(CCC#N)C(=O)c2ccccc2I)cc1. The predicted molar refractivity (Wildman–Crippen MR) is 98.7 cm³/mol. The van der Waals surface area contributed by atoms with Crippen LogP contribution in [0.1, 0.15) is 23.7 Å². The standard InChI is InChI=1S/C18H17IN2O2/c1-2-23-15-10-8-14(9-11-15)21(13-5-12-20)18(22)16-6-3-4-7-17(16)19/h3-4,6-11H,2,5,13H2,1H3. The Kier molecular flexibility index (Phi) is 6.41. The van der Waals surface area contributed by atoms with Crippen molar-refractivity contribution in [1.82, 2.24) is 0 Å². The number of amides is 1. The van der Waals surface area contributed by atoms with Gasteiger partial charge in [-0.1, -0.05) is 12.1 Å². The molecule has 2 aromatic rings. The third kappa shape index (κ3) is 4.45. The summed E-state index contributed by atoms with van der Waals surface area (Å²) in [7, 11) is 0. The lowest BCUT2D eigenvalue weighted by atomic mass is 10.1. The molecule has 0 aliphatic carbocycles. The van der Waals surface area contributed by atoms with Gasteiger partial charge < -0.3 is 9.64 Å². The van der Waals surface area contributed by atoms with E-state index in [1.54, 1.807) is 11.0 Å². The van der Waals surface area contributed by atoms with Crippen LogP contribution in [0.3, 0.4) is 0 Å². The predicted octanol–water partition coefficient (Wildman–Crippen LogP) is 4.25. The quantitative estimate of drug-likeness (QED) is 0.657. The fourth-order valence-electron chi connectivity index (χ4n) is 2.18. The molecule has 23 heavy (non-hydrogen) atoms. The topological polar surface area (TPSA) is 53.3 Å². The number of nitriles is 1. The van der Waals surface area contributed by atoms with Crippen LogP contribution in [-0.4, -0.2) is 19.1 Å². The molecule has 2 rings (SSSR count). The van der Waals surface area contributed by atoms with E-state index in [1.807, 2.05) is 49.4 Å². The Labute approximate surface area is 149 Å². The van der Waals surface area contributed by atoms with E-state index in [0.717, 1.165) is 15.0 Å². The second-order valence-corrected chi connectivity index (χ2v) is 5.93. The van der Waals surface area contributed by atoms with Crippen molar-refractivity contribution in [1.29, 1.82) is 5.26 Å². The van der Waals surface area contributed by atoms with E-state index in [4.69, 9.17) is 10.00 Å². The van der Waals surface area contributed by atoms with Gasteiger partial charge in [0.1, 0.15) is 5.75 Å². The van der Waals surface area contributed by atoms with Crippen molar-refractivity contribution in [3.63, 3.8) is 0 Å². The van der Waals surface area contributed by atoms with Crippen LogP contribution in [0.5, 0.6) is 5.75 Å². The molecular formula is C18H17IN2O2. The first-order chi connectivity index (χ1) is 11.2. The summed E-state index contributed by atoms with van der Waals surface area (Å²) < 4.78 is 6.32. The smallest absolute Gasteiger partial charge is 0.259 e. The number of nitrogens with zero attached hydrogens (tertiary/aromatic N) is 2. The normalized spacial score (nSPS) is 9.96. The molecule has 5 heteroatoms. The summed E-state index contributed by atoms with van der Waals surface area (Å²) in [5.74, 6) is 0.660. The average Bonchev–Trinajstić information content (AvgIpc) is 2.57. The van der Waals surface area contributed by atoms with E-state index >= 15 is 0 Å². The number of halogens is 1. The van der Waals surface area contributed by atoms with Gasteiger partial charge >= 0.3 is 0 Å². The van der Waals surface area contributed by atoms with Crippen LogP contribution in [0.15, 0.2) is 48.5 Å². The monoisotopic (exact) mass is 420 g/mol. The summed E-state index contributed by atoms with van der Waals surface area (Å²) in [5.41, 5.74) is 1.40. The van der Waals surface area contributed by atoms with Crippen molar-refractivity contribution in [2.45, 2.75) is 13.3 Å². The van der Waals surface area contributed by atoms with E-state index < -0.39 is 0 Å². The molecule has 0 fully saturated rings. The molecule has 0 aliphatic heterocycles. The molecule has 0 unspecified atom stereocenters. The molecule has 118 valence electrons. The number of ether oxygens (including phenoxy) is 1. The summed E-state index contributed by atoms with van der Waals surface area (Å²) >= 11 is 2.15. The van der Waals surface area contributed by atoms with Gasteiger partial charge in [-0.05, 0) is 65.9 Å². The van der Waals surface area contributed by atoms with Gasteiger partial charge in [0.05, 0.1) is 24.7 Å². The number of carbonyl (C=O) groups is 1. The van der Waals surface area contributed by atoms with Crippen molar-refractivity contribution in [3.05, 3.63) is 57.7 Å². The number of benzene rings is 2. The molecule has 0 saturated heterocycles. The molecule has 0 N–H and O–H groups in total. The maximum atomic E-state index is 12.9. The van der Waals surface area contributed by atoms with Crippen LogP contribution < -0.4 is 9.64 Å². The molecule has 0 saturated carbocycles. The first kappa shape index (κ1) is 17.3. The first-order valence-corrected chi connectivity index (χ1v) is 8.41. The minimum Gasteiger partial charge on any atom is -0.494 e. The Morgan fingerprint density at radius 3 is 2.52 bits per heavy atom. The highest BCUT2D eigenvalue weighted by atomic mass is 127. The summed E-state index contributed by atoms with van der Waals surface area (Å²) in [5, 5.41) is 8.87. The van der Waals surface area contributed by atoms with Crippen molar-refractivity contribution >= 4 is 34.2 Å². The molecular weight excluding hydrogens is 403 g/mol. The van der Waals surface area contributed by atoms with Crippen molar-refractivity contribution in [2.75, 3.05) is 18.1 Å². The van der Waals surface area contributed by atoms with E-state index in [9.17, 15) is 4.79 Å². The van der Waals surface area contributed by atoms with Crippen molar-refractivity contribution < 1.29 is 9.53 Å². The van der Waals surface area contributed by atoms with Crippen molar-refractivity contribution in [2.24, 2.45) is 0 Å². The molecule has 4 nitrogen and oxygen atoms in total. The van der Waals surface area contributed by atoms with Gasteiger partial charge in [-0.3, -0.25) is 4.79 Å². The highest BCUT2D eigenvalue weighted by molar-refractivity contribution is 14.1. The minimum absolute atomic E-state index is 0.102. The zero-order chi connectivity index (χ0) is 16.7. The summed E-state index contributed by atoms with van der Waals surface area (Å²) in [4.78, 5) is 14.5. The Balaban J connectivity index is 2.31.